The number of fused-ring (bicyclic) bond motifs is 4. The molecule has 3 aromatic carbocycles. The smallest absolute Gasteiger partial charge is 0.256 e. The summed E-state index contributed by atoms with van der Waals surface area (Å²) < 4.78 is 0. The second-order valence-corrected chi connectivity index (χ2v) is 4.76. The average molecular weight is 245 g/mol. The minimum absolute atomic E-state index is 0.0293. The Labute approximate surface area is 109 Å². The van der Waals surface area contributed by atoms with Gasteiger partial charge in [0, 0.05) is 6.20 Å². The van der Waals surface area contributed by atoms with Crippen LogP contribution in [0.25, 0.3) is 32.3 Å². The molecule has 4 aromatic rings. The molecule has 0 atom stereocenters. The van der Waals surface area contributed by atoms with Gasteiger partial charge in [-0.05, 0) is 45.1 Å². The molecule has 90 valence electrons. The molecule has 0 aliphatic carbocycles. The predicted molar refractivity (Wildman–Crippen MR) is 79.6 cm³/mol. The van der Waals surface area contributed by atoms with Crippen molar-refractivity contribution in [1.82, 2.24) is 4.98 Å². The Bertz CT molecular complexity index is 982. The first-order chi connectivity index (χ1) is 9.33. The van der Waals surface area contributed by atoms with Gasteiger partial charge in [-0.15, -0.1) is 0 Å². The van der Waals surface area contributed by atoms with Crippen LogP contribution in [0.3, 0.4) is 0 Å². The molecular formula is C17H11NO. The normalized spacial score (nSPS) is 11.4. The van der Waals surface area contributed by atoms with E-state index in [1.165, 1.54) is 5.39 Å². The third-order valence-corrected chi connectivity index (χ3v) is 3.62. The molecule has 0 bridgehead atoms. The number of H-pyrrole nitrogens is 1. The Morgan fingerprint density at radius 2 is 1.47 bits per heavy atom. The molecule has 0 saturated carbocycles. The second kappa shape index (κ2) is 3.69. The maximum atomic E-state index is 12.1. The number of hydrogen-bond acceptors (Lipinski definition) is 1. The Morgan fingerprint density at radius 1 is 0.737 bits per heavy atom. The maximum Gasteiger partial charge on any atom is 0.256 e. The van der Waals surface area contributed by atoms with Crippen molar-refractivity contribution in [3.05, 3.63) is 71.1 Å². The number of aromatic amines is 1. The topological polar surface area (TPSA) is 32.9 Å². The zero-order valence-corrected chi connectivity index (χ0v) is 10.2. The van der Waals surface area contributed by atoms with E-state index in [4.69, 9.17) is 0 Å². The van der Waals surface area contributed by atoms with Gasteiger partial charge in [-0.1, -0.05) is 36.4 Å². The molecule has 19 heavy (non-hydrogen) atoms. The monoisotopic (exact) mass is 245 g/mol. The highest BCUT2D eigenvalue weighted by molar-refractivity contribution is 6.11. The number of rotatable bonds is 0. The van der Waals surface area contributed by atoms with Crippen molar-refractivity contribution in [2.24, 2.45) is 0 Å². The van der Waals surface area contributed by atoms with Crippen LogP contribution >= 0.6 is 0 Å². The first-order valence-corrected chi connectivity index (χ1v) is 6.26. The average Bonchev–Trinajstić information content (AvgIpc) is 2.45. The minimum atomic E-state index is -0.0293. The van der Waals surface area contributed by atoms with Crippen molar-refractivity contribution in [2.45, 2.75) is 0 Å². The Morgan fingerprint density at radius 3 is 2.32 bits per heavy atom. The van der Waals surface area contributed by atoms with Crippen LogP contribution in [0.2, 0.25) is 0 Å². The van der Waals surface area contributed by atoms with Gasteiger partial charge in [0.2, 0.25) is 0 Å². The number of benzene rings is 3. The molecule has 0 amide bonds. The molecule has 0 fully saturated rings. The fourth-order valence-electron chi connectivity index (χ4n) is 2.70. The SMILES string of the molecule is O=c1[nH]ccc2ccc3cc4ccccc4cc3c12. The predicted octanol–water partition coefficient (Wildman–Crippen LogP) is 3.83. The summed E-state index contributed by atoms with van der Waals surface area (Å²) in [5, 5.41) is 6.21. The minimum Gasteiger partial charge on any atom is -0.329 e. The number of pyridine rings is 1. The molecule has 1 aromatic heterocycles. The van der Waals surface area contributed by atoms with E-state index in [2.05, 4.69) is 35.3 Å². The molecule has 0 spiro atoms. The van der Waals surface area contributed by atoms with Gasteiger partial charge >= 0.3 is 0 Å². The largest absolute Gasteiger partial charge is 0.329 e. The Hall–Kier alpha value is -2.61. The van der Waals surface area contributed by atoms with Crippen LogP contribution in [0, 0.1) is 0 Å². The van der Waals surface area contributed by atoms with E-state index in [9.17, 15) is 4.79 Å². The summed E-state index contributed by atoms with van der Waals surface area (Å²) in [6, 6.07) is 18.5. The molecule has 0 unspecified atom stereocenters. The Kier molecular flexibility index (Phi) is 2.00. The van der Waals surface area contributed by atoms with Crippen LogP contribution < -0.4 is 5.56 Å². The van der Waals surface area contributed by atoms with Gasteiger partial charge in [0.25, 0.3) is 5.56 Å². The molecule has 0 aliphatic heterocycles. The van der Waals surface area contributed by atoms with Crippen LogP contribution in [0.4, 0.5) is 0 Å². The van der Waals surface area contributed by atoms with Gasteiger partial charge in [0.1, 0.15) is 0 Å². The summed E-state index contributed by atoms with van der Waals surface area (Å²) in [6.07, 6.45) is 1.69. The van der Waals surface area contributed by atoms with E-state index in [0.717, 1.165) is 26.9 Å². The lowest BCUT2D eigenvalue weighted by Crippen LogP contribution is -2.04. The molecule has 2 heteroatoms. The summed E-state index contributed by atoms with van der Waals surface area (Å²) in [7, 11) is 0. The first kappa shape index (κ1) is 10.3. The van der Waals surface area contributed by atoms with Crippen LogP contribution in [0.5, 0.6) is 0 Å². The molecule has 4 rings (SSSR count). The van der Waals surface area contributed by atoms with Crippen molar-refractivity contribution in [3.8, 4) is 0 Å². The van der Waals surface area contributed by atoms with Gasteiger partial charge in [-0.25, -0.2) is 0 Å². The molecule has 0 saturated heterocycles. The van der Waals surface area contributed by atoms with Crippen LogP contribution in [0.1, 0.15) is 0 Å². The van der Waals surface area contributed by atoms with Crippen LogP contribution in [-0.2, 0) is 0 Å². The second-order valence-electron chi connectivity index (χ2n) is 4.76. The summed E-state index contributed by atoms with van der Waals surface area (Å²) >= 11 is 0. The summed E-state index contributed by atoms with van der Waals surface area (Å²) in [6.45, 7) is 0. The summed E-state index contributed by atoms with van der Waals surface area (Å²) in [5.41, 5.74) is -0.0293. The fourth-order valence-corrected chi connectivity index (χ4v) is 2.70. The quantitative estimate of drug-likeness (QED) is 0.370. The van der Waals surface area contributed by atoms with E-state index in [0.29, 0.717) is 0 Å². The third-order valence-electron chi connectivity index (χ3n) is 3.62. The lowest BCUT2D eigenvalue weighted by molar-refractivity contribution is 1.28. The fraction of sp³-hybridized carbons (Fsp3) is 0. The van der Waals surface area contributed by atoms with Gasteiger partial charge in [-0.2, -0.15) is 0 Å². The third kappa shape index (κ3) is 1.47. The highest BCUT2D eigenvalue weighted by Crippen LogP contribution is 2.27. The van der Waals surface area contributed by atoms with Gasteiger partial charge in [0.05, 0.1) is 5.39 Å². The molecule has 1 heterocycles. The van der Waals surface area contributed by atoms with E-state index < -0.39 is 0 Å². The zero-order chi connectivity index (χ0) is 12.8. The number of hydrogen-bond donors (Lipinski definition) is 1. The van der Waals surface area contributed by atoms with Crippen molar-refractivity contribution < 1.29 is 0 Å². The molecule has 0 radical (unpaired) electrons. The van der Waals surface area contributed by atoms with Crippen LogP contribution in [-0.4, -0.2) is 4.98 Å². The first-order valence-electron chi connectivity index (χ1n) is 6.26. The number of nitrogens with one attached hydrogen (secondary N) is 1. The highest BCUT2D eigenvalue weighted by atomic mass is 16.1. The maximum absolute atomic E-state index is 12.1. The Balaban J connectivity index is 2.32. The van der Waals surface area contributed by atoms with Crippen molar-refractivity contribution >= 4 is 32.3 Å². The van der Waals surface area contributed by atoms with Crippen molar-refractivity contribution in [2.75, 3.05) is 0 Å². The molecular weight excluding hydrogens is 234 g/mol. The highest BCUT2D eigenvalue weighted by Gasteiger charge is 2.05. The lowest BCUT2D eigenvalue weighted by atomic mass is 9.99. The standard InChI is InChI=1S/C17H11NO/c19-17-16-11(7-8-18-17)5-6-14-9-12-3-1-2-4-13(12)10-15(14)16/h1-10H,(H,18,19). The molecule has 2 nitrogen and oxygen atoms in total. The van der Waals surface area contributed by atoms with E-state index in [-0.39, 0.29) is 5.56 Å². The molecule has 0 aliphatic rings. The van der Waals surface area contributed by atoms with E-state index >= 15 is 0 Å². The summed E-state index contributed by atoms with van der Waals surface area (Å²) in [4.78, 5) is 14.8. The van der Waals surface area contributed by atoms with E-state index in [1.807, 2.05) is 24.3 Å². The van der Waals surface area contributed by atoms with Crippen LogP contribution in [0.15, 0.2) is 65.6 Å². The van der Waals surface area contributed by atoms with Gasteiger partial charge < -0.3 is 4.98 Å². The molecule has 1 N–H and O–H groups in total. The van der Waals surface area contributed by atoms with Crippen molar-refractivity contribution in [3.63, 3.8) is 0 Å². The number of aromatic nitrogens is 1. The van der Waals surface area contributed by atoms with Crippen molar-refractivity contribution in [1.29, 1.82) is 0 Å². The zero-order valence-electron chi connectivity index (χ0n) is 10.2. The van der Waals surface area contributed by atoms with E-state index in [1.54, 1.807) is 6.20 Å². The lowest BCUT2D eigenvalue weighted by Gasteiger charge is -2.05. The van der Waals surface area contributed by atoms with Gasteiger partial charge in [-0.3, -0.25) is 4.79 Å². The van der Waals surface area contributed by atoms with Gasteiger partial charge in [0.15, 0.2) is 0 Å². The summed E-state index contributed by atoms with van der Waals surface area (Å²) in [5.74, 6) is 0.